The molecule has 0 spiro atoms. The molecule has 60 valence electrons. The maximum Gasteiger partial charge on any atom is 0.119 e. The van der Waals surface area contributed by atoms with Crippen LogP contribution >= 0.6 is 11.9 Å². The van der Waals surface area contributed by atoms with Gasteiger partial charge in [-0.05, 0) is 12.1 Å². The minimum absolute atomic E-state index is 0.399. The summed E-state index contributed by atoms with van der Waals surface area (Å²) in [5.74, 6) is 0.834. The Morgan fingerprint density at radius 2 is 1.82 bits per heavy atom. The van der Waals surface area contributed by atoms with E-state index in [-0.39, 0.29) is 0 Å². The van der Waals surface area contributed by atoms with Gasteiger partial charge in [-0.1, -0.05) is 18.2 Å². The predicted molar refractivity (Wildman–Crippen MR) is 43.7 cm³/mol. The summed E-state index contributed by atoms with van der Waals surface area (Å²) >= 11 is 4.99. The lowest BCUT2D eigenvalue weighted by molar-refractivity contribution is 0.230. The SMILES string of the molecule is ClOCCOc1ccccc1. The van der Waals surface area contributed by atoms with Crippen LogP contribution in [0.3, 0.4) is 0 Å². The summed E-state index contributed by atoms with van der Waals surface area (Å²) in [5, 5.41) is 0. The summed E-state index contributed by atoms with van der Waals surface area (Å²) in [6.45, 7) is 0.879. The van der Waals surface area contributed by atoms with Crippen LogP contribution in [0.5, 0.6) is 5.75 Å². The van der Waals surface area contributed by atoms with Crippen molar-refractivity contribution < 1.29 is 9.03 Å². The lowest BCUT2D eigenvalue weighted by Gasteiger charge is -2.02. The van der Waals surface area contributed by atoms with E-state index in [9.17, 15) is 0 Å². The van der Waals surface area contributed by atoms with E-state index in [0.717, 1.165) is 5.75 Å². The number of ether oxygens (including phenoxy) is 1. The molecule has 0 fully saturated rings. The van der Waals surface area contributed by atoms with Gasteiger partial charge in [0.1, 0.15) is 19.0 Å². The van der Waals surface area contributed by atoms with E-state index in [1.165, 1.54) is 0 Å². The van der Waals surface area contributed by atoms with Crippen LogP contribution in [-0.2, 0) is 4.29 Å². The topological polar surface area (TPSA) is 18.5 Å². The molecule has 0 bridgehead atoms. The van der Waals surface area contributed by atoms with Crippen LogP contribution in [0.15, 0.2) is 30.3 Å². The third kappa shape index (κ3) is 3.25. The van der Waals surface area contributed by atoms with Crippen molar-refractivity contribution in [1.82, 2.24) is 0 Å². The highest BCUT2D eigenvalue weighted by Gasteiger charge is 1.89. The molecule has 0 aliphatic heterocycles. The average Bonchev–Trinajstić information content (AvgIpc) is 2.07. The number of halogens is 1. The number of benzene rings is 1. The van der Waals surface area contributed by atoms with E-state index < -0.39 is 0 Å². The van der Waals surface area contributed by atoms with Crippen LogP contribution in [0.1, 0.15) is 0 Å². The smallest absolute Gasteiger partial charge is 0.119 e. The molecular formula is C8H9ClO2. The fourth-order valence-corrected chi connectivity index (χ4v) is 0.771. The van der Waals surface area contributed by atoms with Crippen molar-refractivity contribution in [3.05, 3.63) is 30.3 Å². The van der Waals surface area contributed by atoms with E-state index in [2.05, 4.69) is 4.29 Å². The highest BCUT2D eigenvalue weighted by atomic mass is 35.5. The Hall–Kier alpha value is -0.730. The molecule has 0 aliphatic carbocycles. The van der Waals surface area contributed by atoms with Crippen LogP contribution in [-0.4, -0.2) is 13.2 Å². The maximum atomic E-state index is 5.24. The fourth-order valence-electron chi connectivity index (χ4n) is 0.708. The first-order valence-corrected chi connectivity index (χ1v) is 3.66. The summed E-state index contributed by atoms with van der Waals surface area (Å²) in [6.07, 6.45) is 0. The first kappa shape index (κ1) is 8.37. The Labute approximate surface area is 70.9 Å². The molecule has 2 nitrogen and oxygen atoms in total. The highest BCUT2D eigenvalue weighted by molar-refractivity contribution is 6.07. The highest BCUT2D eigenvalue weighted by Crippen LogP contribution is 2.07. The molecule has 0 unspecified atom stereocenters. The number of hydrogen-bond acceptors (Lipinski definition) is 2. The van der Waals surface area contributed by atoms with E-state index in [4.69, 9.17) is 16.6 Å². The van der Waals surface area contributed by atoms with Crippen LogP contribution in [0.4, 0.5) is 0 Å². The number of para-hydroxylation sites is 1. The second-order valence-corrected chi connectivity index (χ2v) is 2.19. The predicted octanol–water partition coefficient (Wildman–Crippen LogP) is 2.24. The van der Waals surface area contributed by atoms with Crippen molar-refractivity contribution in [2.45, 2.75) is 0 Å². The van der Waals surface area contributed by atoms with Gasteiger partial charge in [-0.3, -0.25) is 4.29 Å². The summed E-state index contributed by atoms with van der Waals surface area (Å²) < 4.78 is 9.55. The van der Waals surface area contributed by atoms with Crippen molar-refractivity contribution in [1.29, 1.82) is 0 Å². The third-order valence-corrected chi connectivity index (χ3v) is 1.33. The molecule has 0 radical (unpaired) electrons. The maximum absolute atomic E-state index is 5.24. The molecule has 1 aromatic rings. The Balaban J connectivity index is 2.28. The lowest BCUT2D eigenvalue weighted by Crippen LogP contribution is -2.01. The first-order valence-electron chi connectivity index (χ1n) is 3.35. The zero-order valence-corrected chi connectivity index (χ0v) is 6.75. The van der Waals surface area contributed by atoms with Crippen LogP contribution in [0, 0.1) is 0 Å². The quantitative estimate of drug-likeness (QED) is 0.649. The van der Waals surface area contributed by atoms with Crippen molar-refractivity contribution in [2.75, 3.05) is 13.2 Å². The lowest BCUT2D eigenvalue weighted by atomic mass is 10.3. The summed E-state index contributed by atoms with van der Waals surface area (Å²) in [5.41, 5.74) is 0. The van der Waals surface area contributed by atoms with Gasteiger partial charge in [-0.2, -0.15) is 0 Å². The Morgan fingerprint density at radius 1 is 1.09 bits per heavy atom. The monoisotopic (exact) mass is 172 g/mol. The van der Waals surface area contributed by atoms with Gasteiger partial charge in [-0.25, -0.2) is 0 Å². The van der Waals surface area contributed by atoms with Crippen molar-refractivity contribution in [3.8, 4) is 5.75 Å². The van der Waals surface area contributed by atoms with Gasteiger partial charge in [0.2, 0.25) is 0 Å². The standard InChI is InChI=1S/C8H9ClO2/c9-11-7-6-10-8-4-2-1-3-5-8/h1-5H,6-7H2. The molecule has 1 rings (SSSR count). The fraction of sp³-hybridized carbons (Fsp3) is 0.250. The number of hydrogen-bond donors (Lipinski definition) is 0. The average molecular weight is 173 g/mol. The van der Waals surface area contributed by atoms with Crippen molar-refractivity contribution in [2.24, 2.45) is 0 Å². The first-order chi connectivity index (χ1) is 5.43. The van der Waals surface area contributed by atoms with Crippen LogP contribution in [0.2, 0.25) is 0 Å². The molecule has 0 aromatic heterocycles. The van der Waals surface area contributed by atoms with Gasteiger partial charge in [0.05, 0.1) is 11.9 Å². The van der Waals surface area contributed by atoms with Crippen LogP contribution in [0.25, 0.3) is 0 Å². The van der Waals surface area contributed by atoms with E-state index >= 15 is 0 Å². The third-order valence-electron chi connectivity index (χ3n) is 1.17. The molecule has 0 atom stereocenters. The zero-order valence-electron chi connectivity index (χ0n) is 6.00. The van der Waals surface area contributed by atoms with E-state index in [1.54, 1.807) is 0 Å². The molecule has 0 heterocycles. The van der Waals surface area contributed by atoms with Gasteiger partial charge in [0.15, 0.2) is 0 Å². The molecule has 0 N–H and O–H groups in total. The van der Waals surface area contributed by atoms with Crippen LogP contribution < -0.4 is 4.74 Å². The molecule has 1 aromatic carbocycles. The largest absolute Gasteiger partial charge is 0.491 e. The molecule has 0 aliphatic rings. The second-order valence-electron chi connectivity index (χ2n) is 1.97. The molecule has 0 amide bonds. The van der Waals surface area contributed by atoms with Gasteiger partial charge in [-0.15, -0.1) is 0 Å². The molecule has 0 saturated carbocycles. The normalized spacial score (nSPS) is 9.55. The second kappa shape index (κ2) is 4.99. The Morgan fingerprint density at radius 3 is 2.45 bits per heavy atom. The van der Waals surface area contributed by atoms with Gasteiger partial charge < -0.3 is 4.74 Å². The van der Waals surface area contributed by atoms with Crippen molar-refractivity contribution in [3.63, 3.8) is 0 Å². The zero-order chi connectivity index (χ0) is 7.94. The minimum Gasteiger partial charge on any atom is -0.491 e. The molecule has 0 saturated heterocycles. The Kier molecular flexibility index (Phi) is 3.80. The summed E-state index contributed by atoms with van der Waals surface area (Å²) in [7, 11) is 0. The molecular weight excluding hydrogens is 164 g/mol. The van der Waals surface area contributed by atoms with Crippen molar-refractivity contribution >= 4 is 11.9 Å². The van der Waals surface area contributed by atoms with E-state index in [0.29, 0.717) is 13.2 Å². The number of rotatable bonds is 4. The minimum atomic E-state index is 0.399. The van der Waals surface area contributed by atoms with Gasteiger partial charge >= 0.3 is 0 Å². The molecule has 3 heteroatoms. The Bertz CT molecular complexity index is 189. The van der Waals surface area contributed by atoms with E-state index in [1.807, 2.05) is 30.3 Å². The summed E-state index contributed by atoms with van der Waals surface area (Å²) in [6, 6.07) is 9.53. The molecule has 11 heavy (non-hydrogen) atoms. The summed E-state index contributed by atoms with van der Waals surface area (Å²) in [4.78, 5) is 0. The van der Waals surface area contributed by atoms with Gasteiger partial charge in [0, 0.05) is 0 Å². The van der Waals surface area contributed by atoms with Gasteiger partial charge in [0.25, 0.3) is 0 Å².